The second-order valence-corrected chi connectivity index (χ2v) is 7.58. The van der Waals surface area contributed by atoms with Gasteiger partial charge in [-0.15, -0.1) is 0 Å². The molecule has 1 aliphatic heterocycles. The van der Waals surface area contributed by atoms with Crippen LogP contribution < -0.4 is 10.9 Å². The van der Waals surface area contributed by atoms with Gasteiger partial charge in [0, 0.05) is 28.4 Å². The first kappa shape index (κ1) is 18.4. The van der Waals surface area contributed by atoms with Crippen LogP contribution in [0.5, 0.6) is 0 Å². The van der Waals surface area contributed by atoms with E-state index < -0.39 is 0 Å². The zero-order chi connectivity index (χ0) is 20.7. The van der Waals surface area contributed by atoms with Crippen LogP contribution in [0.15, 0.2) is 53.5 Å². The van der Waals surface area contributed by atoms with E-state index >= 15 is 0 Å². The van der Waals surface area contributed by atoms with Crippen LogP contribution in [0.4, 0.5) is 5.95 Å². The summed E-state index contributed by atoms with van der Waals surface area (Å²) in [5, 5.41) is 3.98. The molecule has 0 atom stereocenters. The normalized spacial score (nSPS) is 13.9. The maximum absolute atomic E-state index is 12.8. The van der Waals surface area contributed by atoms with Gasteiger partial charge in [0.15, 0.2) is 0 Å². The molecule has 150 valence electrons. The first-order chi connectivity index (χ1) is 14.6. The number of anilines is 1. The number of ether oxygens (including phenoxy) is 1. The summed E-state index contributed by atoms with van der Waals surface area (Å²) in [6.07, 6.45) is 1.73. The van der Waals surface area contributed by atoms with Gasteiger partial charge in [-0.3, -0.25) is 9.78 Å². The van der Waals surface area contributed by atoms with Gasteiger partial charge >= 0.3 is 0 Å². The molecule has 0 unspecified atom stereocenters. The number of pyridine rings is 2. The van der Waals surface area contributed by atoms with E-state index in [4.69, 9.17) is 4.74 Å². The predicted octanol–water partition coefficient (Wildman–Crippen LogP) is 3.47. The molecule has 0 spiro atoms. The van der Waals surface area contributed by atoms with E-state index in [1.54, 1.807) is 6.20 Å². The molecule has 1 aromatic carbocycles. The fourth-order valence-corrected chi connectivity index (χ4v) is 3.59. The second kappa shape index (κ2) is 7.35. The Balaban J connectivity index is 1.51. The molecule has 5 rings (SSSR count). The molecule has 30 heavy (non-hydrogen) atoms. The molecule has 2 N–H and O–H groups in total. The Labute approximate surface area is 173 Å². The van der Waals surface area contributed by atoms with E-state index in [2.05, 4.69) is 31.3 Å². The highest BCUT2D eigenvalue weighted by Crippen LogP contribution is 2.27. The van der Waals surface area contributed by atoms with Crippen molar-refractivity contribution >= 4 is 17.0 Å². The molecular weight excluding hydrogens is 378 g/mol. The van der Waals surface area contributed by atoms with Crippen LogP contribution in [0.3, 0.4) is 0 Å². The predicted molar refractivity (Wildman–Crippen MR) is 117 cm³/mol. The average Bonchev–Trinajstić information content (AvgIpc) is 2.70. The number of hydrogen-bond acceptors (Lipinski definition) is 6. The van der Waals surface area contributed by atoms with Crippen molar-refractivity contribution in [2.45, 2.75) is 19.9 Å². The Morgan fingerprint density at radius 2 is 1.93 bits per heavy atom. The van der Waals surface area contributed by atoms with Crippen molar-refractivity contribution in [3.05, 3.63) is 70.3 Å². The third-order valence-electron chi connectivity index (χ3n) is 5.27. The number of nitrogens with one attached hydrogen (secondary N) is 2. The van der Waals surface area contributed by atoms with Crippen LogP contribution in [-0.4, -0.2) is 39.2 Å². The van der Waals surface area contributed by atoms with Gasteiger partial charge in [0.25, 0.3) is 5.56 Å². The molecule has 0 aliphatic carbocycles. The number of rotatable bonds is 4. The minimum atomic E-state index is -0.177. The molecule has 7 nitrogen and oxygen atoms in total. The molecule has 0 saturated carbocycles. The van der Waals surface area contributed by atoms with Crippen LogP contribution in [0, 0.1) is 13.8 Å². The van der Waals surface area contributed by atoms with Gasteiger partial charge in [-0.25, -0.2) is 4.98 Å². The lowest BCUT2D eigenvalue weighted by molar-refractivity contribution is 0.0208. The van der Waals surface area contributed by atoms with Crippen molar-refractivity contribution in [3.8, 4) is 22.4 Å². The van der Waals surface area contributed by atoms with Crippen molar-refractivity contribution < 1.29 is 4.74 Å². The van der Waals surface area contributed by atoms with Crippen molar-refractivity contribution in [2.75, 3.05) is 18.5 Å². The number of aromatic nitrogens is 4. The van der Waals surface area contributed by atoms with Crippen molar-refractivity contribution in [2.24, 2.45) is 0 Å². The number of aryl methyl sites for hydroxylation is 2. The standard InChI is InChI=1S/C23H21N5O2/c1-13-8-15(20-5-3-4-14(2)25-20)6-7-18(13)19-9-16-10-24-23(26-17-11-30-12-17)28-21(16)27-22(19)29/h3-10,17H,11-12H2,1-2H3,(H2,24,26,27,28,29). The fourth-order valence-electron chi connectivity index (χ4n) is 3.59. The molecule has 1 aliphatic rings. The summed E-state index contributed by atoms with van der Waals surface area (Å²) in [4.78, 5) is 29.1. The average molecular weight is 399 g/mol. The number of fused-ring (bicyclic) bond motifs is 1. The summed E-state index contributed by atoms with van der Waals surface area (Å²) in [6, 6.07) is 14.1. The maximum Gasteiger partial charge on any atom is 0.257 e. The van der Waals surface area contributed by atoms with Crippen molar-refractivity contribution in [1.29, 1.82) is 0 Å². The Morgan fingerprint density at radius 1 is 1.07 bits per heavy atom. The largest absolute Gasteiger partial charge is 0.377 e. The number of benzene rings is 1. The van der Waals surface area contributed by atoms with Gasteiger partial charge in [0.05, 0.1) is 24.9 Å². The monoisotopic (exact) mass is 399 g/mol. The summed E-state index contributed by atoms with van der Waals surface area (Å²) < 4.78 is 5.15. The maximum atomic E-state index is 12.8. The summed E-state index contributed by atoms with van der Waals surface area (Å²) in [5.41, 5.74) is 5.73. The molecule has 0 radical (unpaired) electrons. The van der Waals surface area contributed by atoms with Gasteiger partial charge < -0.3 is 15.0 Å². The van der Waals surface area contributed by atoms with Gasteiger partial charge in [0.1, 0.15) is 5.65 Å². The summed E-state index contributed by atoms with van der Waals surface area (Å²) >= 11 is 0. The zero-order valence-electron chi connectivity index (χ0n) is 16.8. The highest BCUT2D eigenvalue weighted by molar-refractivity contribution is 5.82. The van der Waals surface area contributed by atoms with E-state index in [-0.39, 0.29) is 11.6 Å². The van der Waals surface area contributed by atoms with E-state index in [0.717, 1.165) is 33.5 Å². The van der Waals surface area contributed by atoms with Crippen molar-refractivity contribution in [3.63, 3.8) is 0 Å². The molecule has 3 aromatic heterocycles. The van der Waals surface area contributed by atoms with Gasteiger partial charge in [-0.1, -0.05) is 18.2 Å². The van der Waals surface area contributed by atoms with E-state index in [9.17, 15) is 4.79 Å². The number of hydrogen-bond donors (Lipinski definition) is 2. The van der Waals surface area contributed by atoms with E-state index in [1.165, 1.54) is 0 Å². The SMILES string of the molecule is Cc1cccc(-c2ccc(-c3cc4cnc(NC5COC5)nc4[nH]c3=O)c(C)c2)n1. The van der Waals surface area contributed by atoms with Crippen molar-refractivity contribution in [1.82, 2.24) is 19.9 Å². The van der Waals surface area contributed by atoms with Gasteiger partial charge in [0.2, 0.25) is 5.95 Å². The first-order valence-electron chi connectivity index (χ1n) is 9.86. The summed E-state index contributed by atoms with van der Waals surface area (Å²) in [6.45, 7) is 5.26. The topological polar surface area (TPSA) is 92.8 Å². The van der Waals surface area contributed by atoms with Crippen LogP contribution >= 0.6 is 0 Å². The van der Waals surface area contributed by atoms with Crippen LogP contribution in [0.1, 0.15) is 11.3 Å². The van der Waals surface area contributed by atoms with Crippen LogP contribution in [0.25, 0.3) is 33.4 Å². The third kappa shape index (κ3) is 3.44. The lowest BCUT2D eigenvalue weighted by Crippen LogP contribution is -2.40. The molecule has 0 amide bonds. The quantitative estimate of drug-likeness (QED) is 0.546. The lowest BCUT2D eigenvalue weighted by Gasteiger charge is -2.26. The highest BCUT2D eigenvalue weighted by atomic mass is 16.5. The molecular formula is C23H21N5O2. The molecule has 4 aromatic rings. The van der Waals surface area contributed by atoms with E-state index in [0.29, 0.717) is 30.4 Å². The van der Waals surface area contributed by atoms with Crippen LogP contribution in [-0.2, 0) is 4.74 Å². The Hall–Kier alpha value is -3.58. The molecule has 0 bridgehead atoms. The zero-order valence-corrected chi connectivity index (χ0v) is 16.8. The smallest absolute Gasteiger partial charge is 0.257 e. The van der Waals surface area contributed by atoms with Crippen LogP contribution in [0.2, 0.25) is 0 Å². The Bertz CT molecular complexity index is 1310. The van der Waals surface area contributed by atoms with E-state index in [1.807, 2.05) is 50.2 Å². The molecule has 1 saturated heterocycles. The molecule has 7 heteroatoms. The number of aromatic amines is 1. The summed E-state index contributed by atoms with van der Waals surface area (Å²) in [5.74, 6) is 0.491. The van der Waals surface area contributed by atoms with Gasteiger partial charge in [-0.2, -0.15) is 4.98 Å². The first-order valence-corrected chi connectivity index (χ1v) is 9.86. The molecule has 1 fully saturated rings. The summed E-state index contributed by atoms with van der Waals surface area (Å²) in [7, 11) is 0. The minimum Gasteiger partial charge on any atom is -0.377 e. The Morgan fingerprint density at radius 3 is 2.67 bits per heavy atom. The minimum absolute atomic E-state index is 0.177. The highest BCUT2D eigenvalue weighted by Gasteiger charge is 2.19. The second-order valence-electron chi connectivity index (χ2n) is 7.58. The Kier molecular flexibility index (Phi) is 4.52. The van der Waals surface area contributed by atoms with Gasteiger partial charge in [-0.05, 0) is 49.2 Å². The molecule has 4 heterocycles. The fraction of sp³-hybridized carbons (Fsp3) is 0.217. The lowest BCUT2D eigenvalue weighted by atomic mass is 9.97. The number of H-pyrrole nitrogens is 1. The number of nitrogens with zero attached hydrogens (tertiary/aromatic N) is 3. The third-order valence-corrected chi connectivity index (χ3v) is 5.27.